The van der Waals surface area contributed by atoms with Crippen LogP contribution in [0.4, 0.5) is 0 Å². The van der Waals surface area contributed by atoms with Gasteiger partial charge in [-0.2, -0.15) is 0 Å². The van der Waals surface area contributed by atoms with E-state index in [1.165, 1.54) is 6.42 Å². The van der Waals surface area contributed by atoms with Gasteiger partial charge in [0.25, 0.3) is 5.91 Å². The van der Waals surface area contributed by atoms with Crippen molar-refractivity contribution >= 4 is 35.8 Å². The van der Waals surface area contributed by atoms with E-state index in [-0.39, 0.29) is 29.9 Å². The molecule has 0 spiro atoms. The molecule has 0 saturated carbocycles. The van der Waals surface area contributed by atoms with Crippen molar-refractivity contribution in [2.45, 2.75) is 33.2 Å². The Labute approximate surface area is 163 Å². The van der Waals surface area contributed by atoms with Gasteiger partial charge in [-0.05, 0) is 31.0 Å². The number of hydrogen-bond acceptors (Lipinski definition) is 2. The van der Waals surface area contributed by atoms with Crippen LogP contribution in [0.25, 0.3) is 0 Å². The molecule has 0 aliphatic heterocycles. The maximum Gasteiger partial charge on any atom is 0.253 e. The van der Waals surface area contributed by atoms with Gasteiger partial charge in [-0.15, -0.1) is 24.0 Å². The van der Waals surface area contributed by atoms with Crippen LogP contribution in [0.1, 0.15) is 42.6 Å². The summed E-state index contributed by atoms with van der Waals surface area (Å²) in [4.78, 5) is 20.3. The Kier molecular flexibility index (Phi) is 11.4. The minimum atomic E-state index is 0. The minimum absolute atomic E-state index is 0. The quantitative estimate of drug-likeness (QED) is 0.398. The number of carbonyl (C=O) groups excluding carboxylic acids is 1. The first-order valence-electron chi connectivity index (χ1n) is 8.29. The molecule has 1 amide bonds. The summed E-state index contributed by atoms with van der Waals surface area (Å²) < 4.78 is 0. The highest BCUT2D eigenvalue weighted by molar-refractivity contribution is 14.0. The molecule has 5 nitrogen and oxygen atoms in total. The largest absolute Gasteiger partial charge is 0.357 e. The van der Waals surface area contributed by atoms with E-state index in [4.69, 9.17) is 0 Å². The van der Waals surface area contributed by atoms with Crippen LogP contribution in [0.15, 0.2) is 29.3 Å². The number of unbranched alkanes of at least 4 members (excludes halogenated alkanes) is 1. The van der Waals surface area contributed by atoms with Crippen LogP contribution < -0.4 is 5.32 Å². The fraction of sp³-hybridized carbons (Fsp3) is 0.556. The van der Waals surface area contributed by atoms with E-state index >= 15 is 0 Å². The number of nitrogens with zero attached hydrogens (tertiary/aromatic N) is 3. The standard InChI is InChI=1S/C18H30N4O.HI/c1-6-8-13-22(5)18(19-7-2)20-14-15-9-11-16(12-10-15)17(23)21(3)4;/h9-12H,6-8,13-14H2,1-5H3,(H,19,20);1H. The molecular formula is C18H31IN4O. The maximum absolute atomic E-state index is 11.9. The van der Waals surface area contributed by atoms with Crippen molar-refractivity contribution < 1.29 is 4.79 Å². The normalized spacial score (nSPS) is 10.8. The fourth-order valence-corrected chi connectivity index (χ4v) is 2.15. The zero-order valence-corrected chi connectivity index (χ0v) is 17.8. The highest BCUT2D eigenvalue weighted by Crippen LogP contribution is 2.08. The van der Waals surface area contributed by atoms with E-state index in [2.05, 4.69) is 36.1 Å². The van der Waals surface area contributed by atoms with Crippen LogP contribution in [0.5, 0.6) is 0 Å². The summed E-state index contributed by atoms with van der Waals surface area (Å²) in [5, 5.41) is 3.32. The Morgan fingerprint density at radius 3 is 2.25 bits per heavy atom. The molecule has 0 fully saturated rings. The van der Waals surface area contributed by atoms with Gasteiger partial charge in [0.15, 0.2) is 5.96 Å². The lowest BCUT2D eigenvalue weighted by Crippen LogP contribution is -2.39. The lowest BCUT2D eigenvalue weighted by atomic mass is 10.1. The zero-order valence-electron chi connectivity index (χ0n) is 15.5. The summed E-state index contributed by atoms with van der Waals surface area (Å²) in [6.45, 7) is 6.72. The first-order chi connectivity index (χ1) is 11.0. The molecule has 0 atom stereocenters. The van der Waals surface area contributed by atoms with Crippen LogP contribution in [0, 0.1) is 0 Å². The average molecular weight is 446 g/mol. The summed E-state index contributed by atoms with van der Waals surface area (Å²) in [6.07, 6.45) is 2.33. The molecule has 1 aromatic rings. The van der Waals surface area contributed by atoms with Gasteiger partial charge in [0.2, 0.25) is 0 Å². The maximum atomic E-state index is 11.9. The molecule has 24 heavy (non-hydrogen) atoms. The van der Waals surface area contributed by atoms with Crippen molar-refractivity contribution in [2.75, 3.05) is 34.2 Å². The third kappa shape index (κ3) is 7.51. The highest BCUT2D eigenvalue weighted by Gasteiger charge is 2.08. The first-order valence-corrected chi connectivity index (χ1v) is 8.29. The number of nitrogens with one attached hydrogen (secondary N) is 1. The van der Waals surface area contributed by atoms with E-state index < -0.39 is 0 Å². The lowest BCUT2D eigenvalue weighted by molar-refractivity contribution is 0.0827. The topological polar surface area (TPSA) is 47.9 Å². The Balaban J connectivity index is 0.00000529. The predicted molar refractivity (Wildman–Crippen MR) is 112 cm³/mol. The molecule has 0 aliphatic rings. The number of rotatable bonds is 7. The van der Waals surface area contributed by atoms with E-state index in [9.17, 15) is 4.79 Å². The van der Waals surface area contributed by atoms with Crippen LogP contribution >= 0.6 is 24.0 Å². The van der Waals surface area contributed by atoms with Gasteiger partial charge in [-0.25, -0.2) is 4.99 Å². The summed E-state index contributed by atoms with van der Waals surface area (Å²) in [5.74, 6) is 0.946. The van der Waals surface area contributed by atoms with Gasteiger partial charge in [0.1, 0.15) is 0 Å². The molecule has 0 aromatic heterocycles. The highest BCUT2D eigenvalue weighted by atomic mass is 127. The lowest BCUT2D eigenvalue weighted by Gasteiger charge is -2.21. The second kappa shape index (κ2) is 12.1. The van der Waals surface area contributed by atoms with E-state index in [0.29, 0.717) is 12.1 Å². The monoisotopic (exact) mass is 446 g/mol. The second-order valence-corrected chi connectivity index (χ2v) is 5.84. The fourth-order valence-electron chi connectivity index (χ4n) is 2.15. The Bertz CT molecular complexity index is 514. The van der Waals surface area contributed by atoms with Crippen molar-refractivity contribution in [3.05, 3.63) is 35.4 Å². The van der Waals surface area contributed by atoms with Crippen LogP contribution in [0.2, 0.25) is 0 Å². The number of amides is 1. The van der Waals surface area contributed by atoms with Crippen molar-refractivity contribution in [1.82, 2.24) is 15.1 Å². The Morgan fingerprint density at radius 2 is 1.75 bits per heavy atom. The smallest absolute Gasteiger partial charge is 0.253 e. The van der Waals surface area contributed by atoms with Crippen LogP contribution in [-0.4, -0.2) is 55.9 Å². The minimum Gasteiger partial charge on any atom is -0.357 e. The van der Waals surface area contributed by atoms with Gasteiger partial charge < -0.3 is 15.1 Å². The van der Waals surface area contributed by atoms with Crippen LogP contribution in [0.3, 0.4) is 0 Å². The molecule has 0 saturated heterocycles. The van der Waals surface area contributed by atoms with E-state index in [1.807, 2.05) is 24.3 Å². The SMILES string of the molecule is CCCCN(C)C(=NCc1ccc(C(=O)N(C)C)cc1)NCC.I. The Morgan fingerprint density at radius 1 is 1.12 bits per heavy atom. The summed E-state index contributed by atoms with van der Waals surface area (Å²) in [7, 11) is 5.58. The summed E-state index contributed by atoms with van der Waals surface area (Å²) in [5.41, 5.74) is 1.80. The zero-order chi connectivity index (χ0) is 17.2. The number of carbonyl (C=O) groups is 1. The molecule has 0 bridgehead atoms. The molecule has 1 N–H and O–H groups in total. The summed E-state index contributed by atoms with van der Waals surface area (Å²) >= 11 is 0. The molecule has 136 valence electrons. The molecule has 0 unspecified atom stereocenters. The summed E-state index contributed by atoms with van der Waals surface area (Å²) in [6, 6.07) is 7.66. The predicted octanol–water partition coefficient (Wildman–Crippen LogP) is 3.20. The average Bonchev–Trinajstić information content (AvgIpc) is 2.56. The van der Waals surface area contributed by atoms with Gasteiger partial charge in [0, 0.05) is 39.8 Å². The molecule has 6 heteroatoms. The van der Waals surface area contributed by atoms with Crippen molar-refractivity contribution in [2.24, 2.45) is 4.99 Å². The third-order valence-electron chi connectivity index (χ3n) is 3.56. The van der Waals surface area contributed by atoms with Crippen molar-refractivity contribution in [3.8, 4) is 0 Å². The first kappa shape index (κ1) is 22.7. The van der Waals surface area contributed by atoms with E-state index in [1.54, 1.807) is 19.0 Å². The number of halogens is 1. The second-order valence-electron chi connectivity index (χ2n) is 5.84. The van der Waals surface area contributed by atoms with Gasteiger partial charge in [-0.3, -0.25) is 4.79 Å². The van der Waals surface area contributed by atoms with Crippen molar-refractivity contribution in [1.29, 1.82) is 0 Å². The van der Waals surface area contributed by atoms with Gasteiger partial charge in [0.05, 0.1) is 6.54 Å². The van der Waals surface area contributed by atoms with Gasteiger partial charge >= 0.3 is 0 Å². The molecule has 0 radical (unpaired) electrons. The van der Waals surface area contributed by atoms with Crippen molar-refractivity contribution in [3.63, 3.8) is 0 Å². The van der Waals surface area contributed by atoms with E-state index in [0.717, 1.165) is 31.0 Å². The Hall–Kier alpha value is -1.31. The third-order valence-corrected chi connectivity index (χ3v) is 3.56. The molecular weight excluding hydrogens is 415 g/mol. The molecule has 0 aliphatic carbocycles. The number of hydrogen-bond donors (Lipinski definition) is 1. The van der Waals surface area contributed by atoms with Gasteiger partial charge in [-0.1, -0.05) is 25.5 Å². The number of aliphatic imine (C=N–C) groups is 1. The molecule has 0 heterocycles. The number of benzene rings is 1. The number of guanidine groups is 1. The van der Waals surface area contributed by atoms with Crippen LogP contribution in [-0.2, 0) is 6.54 Å². The molecule has 1 aromatic carbocycles. The molecule has 1 rings (SSSR count).